The SMILES string of the molecule is Cc1c(NC(=O)Nc2ccc(Cl)cc2Cl)cccc1C(=O)c1cn(C(C)C)c2ncnc(N)c12. The van der Waals surface area contributed by atoms with Gasteiger partial charge in [0.25, 0.3) is 0 Å². The Morgan fingerprint density at radius 2 is 1.76 bits per heavy atom. The molecule has 0 bridgehead atoms. The van der Waals surface area contributed by atoms with Crippen molar-refractivity contribution in [1.29, 1.82) is 0 Å². The molecular weight excluding hydrogens is 475 g/mol. The van der Waals surface area contributed by atoms with Gasteiger partial charge in [0.15, 0.2) is 5.78 Å². The molecule has 0 saturated heterocycles. The lowest BCUT2D eigenvalue weighted by atomic mass is 9.98. The fourth-order valence-electron chi connectivity index (χ4n) is 3.70. The number of nitrogens with one attached hydrogen (secondary N) is 2. The number of amides is 2. The molecule has 0 saturated carbocycles. The zero-order chi connectivity index (χ0) is 24.6. The normalized spacial score (nSPS) is 11.1. The average molecular weight is 497 g/mol. The van der Waals surface area contributed by atoms with E-state index in [9.17, 15) is 9.59 Å². The molecule has 174 valence electrons. The predicted molar refractivity (Wildman–Crippen MR) is 136 cm³/mol. The van der Waals surface area contributed by atoms with Crippen LogP contribution in [0.25, 0.3) is 11.0 Å². The first-order valence-electron chi connectivity index (χ1n) is 10.5. The third kappa shape index (κ3) is 4.42. The molecule has 4 N–H and O–H groups in total. The molecule has 0 atom stereocenters. The van der Waals surface area contributed by atoms with Crippen molar-refractivity contribution in [3.63, 3.8) is 0 Å². The predicted octanol–water partition coefficient (Wildman–Crippen LogP) is 6.08. The van der Waals surface area contributed by atoms with E-state index in [0.717, 1.165) is 0 Å². The maximum Gasteiger partial charge on any atom is 0.323 e. The Kier molecular flexibility index (Phi) is 6.45. The second-order valence-corrected chi connectivity index (χ2v) is 8.86. The van der Waals surface area contributed by atoms with Crippen molar-refractivity contribution >= 4 is 63.2 Å². The second-order valence-electron chi connectivity index (χ2n) is 8.01. The van der Waals surface area contributed by atoms with Crippen LogP contribution in [-0.2, 0) is 0 Å². The number of aromatic nitrogens is 3. The van der Waals surface area contributed by atoms with Crippen LogP contribution < -0.4 is 16.4 Å². The molecule has 2 aromatic carbocycles. The lowest BCUT2D eigenvalue weighted by Gasteiger charge is -2.13. The summed E-state index contributed by atoms with van der Waals surface area (Å²) >= 11 is 12.0. The van der Waals surface area contributed by atoms with Gasteiger partial charge in [0.1, 0.15) is 17.8 Å². The quantitative estimate of drug-likeness (QED) is 0.289. The second kappa shape index (κ2) is 9.32. The number of nitrogens with zero attached hydrogens (tertiary/aromatic N) is 3. The number of fused-ring (bicyclic) bond motifs is 1. The molecule has 0 aliphatic heterocycles. The van der Waals surface area contributed by atoms with Gasteiger partial charge in [-0.25, -0.2) is 14.8 Å². The summed E-state index contributed by atoms with van der Waals surface area (Å²) in [6.07, 6.45) is 3.13. The molecule has 2 amide bonds. The smallest absolute Gasteiger partial charge is 0.323 e. The number of carbonyl (C=O) groups is 2. The first-order chi connectivity index (χ1) is 16.2. The highest BCUT2D eigenvalue weighted by atomic mass is 35.5. The van der Waals surface area contributed by atoms with Crippen LogP contribution in [0.1, 0.15) is 41.4 Å². The number of benzene rings is 2. The fourth-order valence-corrected chi connectivity index (χ4v) is 4.16. The van der Waals surface area contributed by atoms with Gasteiger partial charge in [0, 0.05) is 28.5 Å². The summed E-state index contributed by atoms with van der Waals surface area (Å²) in [4.78, 5) is 34.6. The van der Waals surface area contributed by atoms with Crippen LogP contribution in [-0.4, -0.2) is 26.3 Å². The number of hydrogen-bond donors (Lipinski definition) is 3. The van der Waals surface area contributed by atoms with Gasteiger partial charge < -0.3 is 20.9 Å². The van der Waals surface area contributed by atoms with Gasteiger partial charge in [-0.3, -0.25) is 4.79 Å². The third-order valence-corrected chi connectivity index (χ3v) is 5.99. The molecule has 4 aromatic rings. The maximum absolute atomic E-state index is 13.6. The van der Waals surface area contributed by atoms with Crippen molar-refractivity contribution in [2.75, 3.05) is 16.4 Å². The highest BCUT2D eigenvalue weighted by Gasteiger charge is 2.23. The Bertz CT molecular complexity index is 1430. The minimum atomic E-state index is -0.508. The number of anilines is 3. The van der Waals surface area contributed by atoms with E-state index in [0.29, 0.717) is 49.1 Å². The summed E-state index contributed by atoms with van der Waals surface area (Å²) in [5, 5.41) is 6.73. The van der Waals surface area contributed by atoms with Gasteiger partial charge in [-0.1, -0.05) is 35.3 Å². The summed E-state index contributed by atoms with van der Waals surface area (Å²) in [7, 11) is 0. The molecule has 2 aromatic heterocycles. The lowest BCUT2D eigenvalue weighted by Crippen LogP contribution is -2.20. The molecule has 0 aliphatic carbocycles. The van der Waals surface area contributed by atoms with Crippen LogP contribution in [0.2, 0.25) is 10.0 Å². The number of hydrogen-bond acceptors (Lipinski definition) is 5. The summed E-state index contributed by atoms with van der Waals surface area (Å²) in [6.45, 7) is 5.75. The van der Waals surface area contributed by atoms with Crippen molar-refractivity contribution in [2.24, 2.45) is 0 Å². The Morgan fingerprint density at radius 3 is 2.47 bits per heavy atom. The molecule has 10 heteroatoms. The third-order valence-electron chi connectivity index (χ3n) is 5.45. The maximum atomic E-state index is 13.6. The lowest BCUT2D eigenvalue weighted by molar-refractivity contribution is 0.103. The number of nitrogen functional groups attached to an aromatic ring is 1. The molecule has 2 heterocycles. The highest BCUT2D eigenvalue weighted by Crippen LogP contribution is 2.31. The van der Waals surface area contributed by atoms with E-state index in [1.807, 2.05) is 18.4 Å². The largest absolute Gasteiger partial charge is 0.383 e. The Morgan fingerprint density at radius 1 is 1.03 bits per heavy atom. The molecule has 0 radical (unpaired) electrons. The molecule has 0 spiro atoms. The van der Waals surface area contributed by atoms with Crippen LogP contribution in [0.4, 0.5) is 22.0 Å². The molecule has 8 nitrogen and oxygen atoms in total. The molecule has 0 unspecified atom stereocenters. The summed E-state index contributed by atoms with van der Waals surface area (Å²) < 4.78 is 1.89. The Labute approximate surface area is 206 Å². The number of ketones is 1. The van der Waals surface area contributed by atoms with Gasteiger partial charge in [0.05, 0.1) is 21.7 Å². The number of nitrogens with two attached hydrogens (primary N) is 1. The van der Waals surface area contributed by atoms with Gasteiger partial charge in [0.2, 0.25) is 0 Å². The van der Waals surface area contributed by atoms with Crippen molar-refractivity contribution < 1.29 is 9.59 Å². The van der Waals surface area contributed by atoms with Gasteiger partial charge in [-0.15, -0.1) is 0 Å². The zero-order valence-electron chi connectivity index (χ0n) is 18.7. The van der Waals surface area contributed by atoms with Gasteiger partial charge >= 0.3 is 6.03 Å². The van der Waals surface area contributed by atoms with E-state index in [-0.39, 0.29) is 17.6 Å². The Balaban J connectivity index is 1.66. The van der Waals surface area contributed by atoms with Gasteiger partial charge in [-0.05, 0) is 50.6 Å². The summed E-state index contributed by atoms with van der Waals surface area (Å²) in [5.74, 6) is -0.00731. The van der Waals surface area contributed by atoms with Crippen molar-refractivity contribution in [2.45, 2.75) is 26.8 Å². The van der Waals surface area contributed by atoms with E-state index in [2.05, 4.69) is 20.6 Å². The summed E-state index contributed by atoms with van der Waals surface area (Å²) in [5.41, 5.74) is 9.02. The standard InChI is InChI=1S/C24H22Cl2N6O2/c1-12(2)32-10-16(20-22(27)28-11-29-23(20)32)21(33)15-5-4-6-18(13(15)3)30-24(34)31-19-8-7-14(25)9-17(19)26/h4-12H,1-3H3,(H2,27,28,29)(H2,30,31,34). The molecular formula is C24H22Cl2N6O2. The van der Waals surface area contributed by atoms with Crippen LogP contribution >= 0.6 is 23.2 Å². The zero-order valence-corrected chi connectivity index (χ0v) is 20.2. The van der Waals surface area contributed by atoms with E-state index in [1.54, 1.807) is 43.5 Å². The van der Waals surface area contributed by atoms with Crippen molar-refractivity contribution in [1.82, 2.24) is 14.5 Å². The van der Waals surface area contributed by atoms with Crippen LogP contribution in [0.3, 0.4) is 0 Å². The molecule has 0 fully saturated rings. The number of urea groups is 1. The minimum absolute atomic E-state index is 0.0656. The van der Waals surface area contributed by atoms with Gasteiger partial charge in [-0.2, -0.15) is 0 Å². The molecule has 34 heavy (non-hydrogen) atoms. The number of carbonyl (C=O) groups excluding carboxylic acids is 2. The average Bonchev–Trinajstić information content (AvgIpc) is 3.18. The summed E-state index contributed by atoms with van der Waals surface area (Å²) in [6, 6.07) is 9.44. The molecule has 4 rings (SSSR count). The topological polar surface area (TPSA) is 115 Å². The minimum Gasteiger partial charge on any atom is -0.383 e. The number of rotatable bonds is 5. The van der Waals surface area contributed by atoms with Crippen LogP contribution in [0.5, 0.6) is 0 Å². The van der Waals surface area contributed by atoms with Crippen LogP contribution in [0, 0.1) is 6.92 Å². The monoisotopic (exact) mass is 496 g/mol. The van der Waals surface area contributed by atoms with Crippen molar-refractivity contribution in [3.05, 3.63) is 75.7 Å². The van der Waals surface area contributed by atoms with Crippen LogP contribution in [0.15, 0.2) is 48.9 Å². The fraction of sp³-hybridized carbons (Fsp3) is 0.167. The Hall–Kier alpha value is -3.62. The van der Waals surface area contributed by atoms with E-state index in [4.69, 9.17) is 28.9 Å². The van der Waals surface area contributed by atoms with E-state index >= 15 is 0 Å². The number of halogens is 2. The first kappa shape index (κ1) is 23.5. The first-order valence-corrected chi connectivity index (χ1v) is 11.2. The van der Waals surface area contributed by atoms with Crippen molar-refractivity contribution in [3.8, 4) is 0 Å². The highest BCUT2D eigenvalue weighted by molar-refractivity contribution is 6.36. The van der Waals surface area contributed by atoms with E-state index in [1.165, 1.54) is 12.4 Å². The van der Waals surface area contributed by atoms with E-state index < -0.39 is 6.03 Å². The molecule has 0 aliphatic rings.